The van der Waals surface area contributed by atoms with Crippen LogP contribution in [0.15, 0.2) is 18.2 Å². The van der Waals surface area contributed by atoms with Gasteiger partial charge in [0.1, 0.15) is 11.8 Å². The monoisotopic (exact) mass is 283 g/mol. The van der Waals surface area contributed by atoms with Crippen LogP contribution in [0.25, 0.3) is 0 Å². The Labute approximate surface area is 114 Å². The number of nitrogens with one attached hydrogen (secondary N) is 1. The molecule has 5 nitrogen and oxygen atoms in total. The predicted molar refractivity (Wildman–Crippen MR) is 72.9 cm³/mol. The Bertz CT molecular complexity index is 517. The predicted octanol–water partition coefficient (Wildman–Crippen LogP) is 0.850. The number of rotatable bonds is 3. The minimum atomic E-state index is -1.14. The van der Waals surface area contributed by atoms with E-state index in [9.17, 15) is 9.00 Å². The van der Waals surface area contributed by atoms with Gasteiger partial charge in [-0.3, -0.25) is 14.3 Å². The van der Waals surface area contributed by atoms with Crippen LogP contribution in [0.1, 0.15) is 17.2 Å². The number of benzene rings is 1. The van der Waals surface area contributed by atoms with Gasteiger partial charge in [-0.25, -0.2) is 0 Å². The van der Waals surface area contributed by atoms with Crippen molar-refractivity contribution in [3.63, 3.8) is 0 Å². The first-order chi connectivity index (χ1) is 9.01. The van der Waals surface area contributed by atoms with Crippen LogP contribution in [-0.4, -0.2) is 39.9 Å². The van der Waals surface area contributed by atoms with Gasteiger partial charge in [0.05, 0.1) is 7.11 Å². The second-order valence-electron chi connectivity index (χ2n) is 4.63. The summed E-state index contributed by atoms with van der Waals surface area (Å²) in [7, 11) is 0.435. The molecule has 3 unspecified atom stereocenters. The largest absolute Gasteiger partial charge is 0.496 e. The number of carbonyl (C=O) groups is 1. The minimum Gasteiger partial charge on any atom is -0.496 e. The van der Waals surface area contributed by atoms with Crippen LogP contribution in [0.4, 0.5) is 0 Å². The van der Waals surface area contributed by atoms with Gasteiger partial charge in [-0.1, -0.05) is 17.7 Å². The van der Waals surface area contributed by atoms with Crippen LogP contribution in [0.5, 0.6) is 5.75 Å². The highest BCUT2D eigenvalue weighted by atomic mass is 32.2. The van der Waals surface area contributed by atoms with Crippen molar-refractivity contribution < 1.29 is 18.8 Å². The lowest BCUT2D eigenvalue weighted by Crippen LogP contribution is -2.49. The Hall–Kier alpha value is -1.40. The second-order valence-corrected chi connectivity index (χ2v) is 6.17. The van der Waals surface area contributed by atoms with Gasteiger partial charge in [0.25, 0.3) is 0 Å². The lowest BCUT2D eigenvalue weighted by Gasteiger charge is -2.29. The summed E-state index contributed by atoms with van der Waals surface area (Å²) < 4.78 is 17.1. The first-order valence-corrected chi connectivity index (χ1v) is 7.48. The molecule has 2 rings (SSSR count). The lowest BCUT2D eigenvalue weighted by molar-refractivity contribution is -0.139. The fraction of sp³-hybridized carbons (Fsp3) is 0.462. The van der Waals surface area contributed by atoms with Gasteiger partial charge in [0, 0.05) is 33.9 Å². The Morgan fingerprint density at radius 1 is 1.47 bits per heavy atom. The maximum atomic E-state index is 11.8. The molecule has 6 heteroatoms. The highest BCUT2D eigenvalue weighted by Gasteiger charge is 2.32. The van der Waals surface area contributed by atoms with Crippen molar-refractivity contribution in [3.8, 4) is 5.75 Å². The van der Waals surface area contributed by atoms with E-state index in [0.717, 1.165) is 11.1 Å². The SMILES string of the molecule is COc1ccc(C)cc1C1CS(=O)CC(C(=O)O)N1. The number of hydrogen-bond acceptors (Lipinski definition) is 4. The summed E-state index contributed by atoms with van der Waals surface area (Å²) in [6, 6.07) is 4.68. The van der Waals surface area contributed by atoms with Crippen LogP contribution in [0, 0.1) is 6.92 Å². The fourth-order valence-electron chi connectivity index (χ4n) is 2.23. The minimum absolute atomic E-state index is 0.153. The smallest absolute Gasteiger partial charge is 0.321 e. The third kappa shape index (κ3) is 3.13. The molecule has 0 aliphatic carbocycles. The third-order valence-corrected chi connectivity index (χ3v) is 4.58. The number of ether oxygens (including phenoxy) is 1. The van der Waals surface area contributed by atoms with Crippen LogP contribution >= 0.6 is 0 Å². The molecular weight excluding hydrogens is 266 g/mol. The number of hydrogen-bond donors (Lipinski definition) is 2. The lowest BCUT2D eigenvalue weighted by atomic mass is 10.0. The molecule has 1 fully saturated rings. The molecule has 1 aliphatic rings. The van der Waals surface area contributed by atoms with Gasteiger partial charge in [0.15, 0.2) is 0 Å². The standard InChI is InChI=1S/C13H17NO4S/c1-8-3-4-12(18-2)9(5-8)10-6-19(17)7-11(14-10)13(15)16/h3-5,10-11,14H,6-7H2,1-2H3,(H,15,16). The van der Waals surface area contributed by atoms with Gasteiger partial charge < -0.3 is 9.84 Å². The van der Waals surface area contributed by atoms with E-state index in [4.69, 9.17) is 9.84 Å². The van der Waals surface area contributed by atoms with Crippen molar-refractivity contribution in [2.45, 2.75) is 19.0 Å². The summed E-state index contributed by atoms with van der Waals surface area (Å²) in [4.78, 5) is 11.1. The van der Waals surface area contributed by atoms with E-state index in [2.05, 4.69) is 5.32 Å². The van der Waals surface area contributed by atoms with E-state index >= 15 is 0 Å². The summed E-state index contributed by atoms with van der Waals surface area (Å²) in [6.45, 7) is 1.96. The molecule has 0 aromatic heterocycles. The van der Waals surface area contributed by atoms with Gasteiger partial charge in [0.2, 0.25) is 0 Å². The Morgan fingerprint density at radius 2 is 2.21 bits per heavy atom. The Kier molecular flexibility index (Phi) is 4.21. The van der Waals surface area contributed by atoms with Gasteiger partial charge in [-0.05, 0) is 13.0 Å². The molecular formula is C13H17NO4S. The highest BCUT2D eigenvalue weighted by molar-refractivity contribution is 7.85. The molecule has 0 saturated carbocycles. The zero-order chi connectivity index (χ0) is 14.0. The molecule has 19 heavy (non-hydrogen) atoms. The second kappa shape index (κ2) is 5.71. The van der Waals surface area contributed by atoms with Gasteiger partial charge in [-0.15, -0.1) is 0 Å². The zero-order valence-electron chi connectivity index (χ0n) is 10.9. The fourth-order valence-corrected chi connectivity index (χ4v) is 3.62. The summed E-state index contributed by atoms with van der Waals surface area (Å²) in [5.41, 5.74) is 1.92. The maximum Gasteiger partial charge on any atom is 0.321 e. The molecule has 0 amide bonds. The van der Waals surface area contributed by atoms with Crippen molar-refractivity contribution in [1.82, 2.24) is 5.32 Å². The number of methoxy groups -OCH3 is 1. The summed E-state index contributed by atoms with van der Waals surface area (Å²) in [5, 5.41) is 12.1. The molecule has 0 radical (unpaired) electrons. The molecule has 3 atom stereocenters. The van der Waals surface area contributed by atoms with Crippen molar-refractivity contribution in [3.05, 3.63) is 29.3 Å². The van der Waals surface area contributed by atoms with Gasteiger partial charge >= 0.3 is 5.97 Å². The van der Waals surface area contributed by atoms with E-state index in [1.165, 1.54) is 0 Å². The van der Waals surface area contributed by atoms with Gasteiger partial charge in [-0.2, -0.15) is 0 Å². The number of carboxylic acid groups (broad SMARTS) is 1. The van der Waals surface area contributed by atoms with Crippen molar-refractivity contribution in [1.29, 1.82) is 0 Å². The average Bonchev–Trinajstić information content (AvgIpc) is 2.37. The zero-order valence-corrected chi connectivity index (χ0v) is 11.7. The third-order valence-electron chi connectivity index (χ3n) is 3.17. The average molecular weight is 283 g/mol. The maximum absolute atomic E-state index is 11.8. The molecule has 1 heterocycles. The van der Waals surface area contributed by atoms with Crippen LogP contribution in [-0.2, 0) is 15.6 Å². The van der Waals surface area contributed by atoms with Crippen molar-refractivity contribution in [2.24, 2.45) is 0 Å². The Morgan fingerprint density at radius 3 is 2.84 bits per heavy atom. The first-order valence-electron chi connectivity index (χ1n) is 5.99. The summed E-state index contributed by atoms with van der Waals surface area (Å²) in [6.07, 6.45) is 0. The molecule has 0 bridgehead atoms. The normalized spacial score (nSPS) is 26.9. The van der Waals surface area contributed by atoms with E-state index in [1.54, 1.807) is 7.11 Å². The van der Waals surface area contributed by atoms with Crippen LogP contribution < -0.4 is 10.1 Å². The molecule has 1 aliphatic heterocycles. The molecule has 1 saturated heterocycles. The molecule has 2 N–H and O–H groups in total. The van der Waals surface area contributed by atoms with E-state index in [-0.39, 0.29) is 11.8 Å². The summed E-state index contributed by atoms with van der Waals surface area (Å²) >= 11 is 0. The molecule has 1 aromatic rings. The van der Waals surface area contributed by atoms with E-state index in [1.807, 2.05) is 25.1 Å². The topological polar surface area (TPSA) is 75.6 Å². The molecule has 0 spiro atoms. The highest BCUT2D eigenvalue weighted by Crippen LogP contribution is 2.29. The van der Waals surface area contributed by atoms with Crippen LogP contribution in [0.3, 0.4) is 0 Å². The van der Waals surface area contributed by atoms with Crippen molar-refractivity contribution >= 4 is 16.8 Å². The Balaban J connectivity index is 2.32. The van der Waals surface area contributed by atoms with Crippen LogP contribution in [0.2, 0.25) is 0 Å². The number of aryl methyl sites for hydroxylation is 1. The summed E-state index contributed by atoms with van der Waals surface area (Å²) in [5.74, 6) is 0.277. The molecule has 104 valence electrons. The van der Waals surface area contributed by atoms with E-state index < -0.39 is 22.8 Å². The first kappa shape index (κ1) is 14.0. The quantitative estimate of drug-likeness (QED) is 0.860. The molecule has 1 aromatic carbocycles. The number of aliphatic carboxylic acids is 1. The number of carboxylic acids is 1. The van der Waals surface area contributed by atoms with E-state index in [0.29, 0.717) is 11.5 Å². The van der Waals surface area contributed by atoms with Crippen molar-refractivity contribution in [2.75, 3.05) is 18.6 Å².